The molecule has 9 aromatic rings. The minimum absolute atomic E-state index is 0.863. The number of benzene rings is 7. The summed E-state index contributed by atoms with van der Waals surface area (Å²) in [7, 11) is 0. The normalized spacial score (nSPS) is 11.6. The standard InChI is InChI=1S/C42H27NO2/c1-3-15-31(16-4-1)43(32-17-5-2-6-18-32)33-19-10-13-29(27-33)28-12-9-14-30(26-28)34-21-11-23-37-40(34)42-39(45-37)25-24-38-41(42)35-20-7-8-22-36(35)44-38/h1-27H. The zero-order chi connectivity index (χ0) is 29.7. The van der Waals surface area contributed by atoms with Crippen LogP contribution in [0, 0.1) is 0 Å². The number of rotatable bonds is 5. The summed E-state index contributed by atoms with van der Waals surface area (Å²) in [5.41, 5.74) is 11.4. The molecule has 2 heterocycles. The molecule has 2 aromatic heterocycles. The Balaban J connectivity index is 1.21. The van der Waals surface area contributed by atoms with Crippen LogP contribution in [0.15, 0.2) is 173 Å². The van der Waals surface area contributed by atoms with Crippen molar-refractivity contribution in [1.29, 1.82) is 0 Å². The number of hydrogen-bond acceptors (Lipinski definition) is 3. The molecule has 0 bridgehead atoms. The number of anilines is 3. The first-order valence-electron chi connectivity index (χ1n) is 15.2. The number of hydrogen-bond donors (Lipinski definition) is 0. The van der Waals surface area contributed by atoms with Gasteiger partial charge in [-0.25, -0.2) is 0 Å². The lowest BCUT2D eigenvalue weighted by molar-refractivity contribution is 0.663. The van der Waals surface area contributed by atoms with Crippen molar-refractivity contribution in [3.05, 3.63) is 164 Å². The monoisotopic (exact) mass is 577 g/mol. The second kappa shape index (κ2) is 10.3. The van der Waals surface area contributed by atoms with E-state index in [0.29, 0.717) is 0 Å². The quantitative estimate of drug-likeness (QED) is 0.204. The molecule has 0 unspecified atom stereocenters. The fourth-order valence-electron chi connectivity index (χ4n) is 6.66. The van der Waals surface area contributed by atoms with Crippen molar-refractivity contribution in [3.8, 4) is 22.3 Å². The van der Waals surface area contributed by atoms with Gasteiger partial charge in [-0.3, -0.25) is 0 Å². The van der Waals surface area contributed by atoms with E-state index in [0.717, 1.165) is 83.2 Å². The molecule has 7 aromatic carbocycles. The van der Waals surface area contributed by atoms with Gasteiger partial charge in [-0.2, -0.15) is 0 Å². The van der Waals surface area contributed by atoms with E-state index in [1.807, 2.05) is 24.3 Å². The summed E-state index contributed by atoms with van der Waals surface area (Å²) in [5.74, 6) is 0. The number of nitrogens with zero attached hydrogens (tertiary/aromatic N) is 1. The van der Waals surface area contributed by atoms with Gasteiger partial charge in [0, 0.05) is 38.6 Å². The summed E-state index contributed by atoms with van der Waals surface area (Å²) >= 11 is 0. The molecule has 0 spiro atoms. The van der Waals surface area contributed by atoms with Crippen LogP contribution in [-0.4, -0.2) is 0 Å². The SMILES string of the molecule is c1ccc(N(c2ccccc2)c2cccc(-c3cccc(-c4cccc5oc6ccc7oc8ccccc8c7c6c45)c3)c2)cc1. The van der Waals surface area contributed by atoms with E-state index < -0.39 is 0 Å². The molecule has 0 N–H and O–H groups in total. The molecule has 0 fully saturated rings. The van der Waals surface area contributed by atoms with Gasteiger partial charge in [0.25, 0.3) is 0 Å². The van der Waals surface area contributed by atoms with E-state index in [1.165, 1.54) is 0 Å². The van der Waals surface area contributed by atoms with Gasteiger partial charge in [0.05, 0.1) is 0 Å². The van der Waals surface area contributed by atoms with Crippen LogP contribution in [0.2, 0.25) is 0 Å². The van der Waals surface area contributed by atoms with Crippen LogP contribution >= 0.6 is 0 Å². The first kappa shape index (κ1) is 25.4. The first-order chi connectivity index (χ1) is 22.3. The van der Waals surface area contributed by atoms with Crippen LogP contribution in [0.25, 0.3) is 66.1 Å². The summed E-state index contributed by atoms with van der Waals surface area (Å²) in [5, 5.41) is 4.40. The third kappa shape index (κ3) is 4.21. The van der Waals surface area contributed by atoms with Crippen molar-refractivity contribution < 1.29 is 8.83 Å². The van der Waals surface area contributed by atoms with E-state index in [4.69, 9.17) is 8.83 Å². The molecule has 0 saturated carbocycles. The Morgan fingerprint density at radius 3 is 1.64 bits per heavy atom. The van der Waals surface area contributed by atoms with Gasteiger partial charge in [-0.1, -0.05) is 97.1 Å². The summed E-state index contributed by atoms with van der Waals surface area (Å²) in [4.78, 5) is 2.30. The third-order valence-corrected chi connectivity index (χ3v) is 8.64. The van der Waals surface area contributed by atoms with Crippen molar-refractivity contribution >= 4 is 60.9 Å². The molecule has 212 valence electrons. The van der Waals surface area contributed by atoms with E-state index in [9.17, 15) is 0 Å². The van der Waals surface area contributed by atoms with Gasteiger partial charge in [0.15, 0.2) is 0 Å². The van der Waals surface area contributed by atoms with Crippen LogP contribution in [-0.2, 0) is 0 Å². The highest BCUT2D eigenvalue weighted by Crippen LogP contribution is 2.44. The van der Waals surface area contributed by atoms with Crippen LogP contribution < -0.4 is 4.90 Å². The van der Waals surface area contributed by atoms with Gasteiger partial charge in [-0.15, -0.1) is 0 Å². The summed E-state index contributed by atoms with van der Waals surface area (Å²) < 4.78 is 12.7. The number of para-hydroxylation sites is 3. The molecular formula is C42H27NO2. The molecule has 0 radical (unpaired) electrons. The first-order valence-corrected chi connectivity index (χ1v) is 15.2. The van der Waals surface area contributed by atoms with Crippen LogP contribution in [0.4, 0.5) is 17.1 Å². The molecule has 0 aliphatic rings. The molecule has 0 saturated heterocycles. The van der Waals surface area contributed by atoms with Gasteiger partial charge in [0.2, 0.25) is 0 Å². The van der Waals surface area contributed by atoms with Crippen molar-refractivity contribution in [2.24, 2.45) is 0 Å². The van der Waals surface area contributed by atoms with E-state index >= 15 is 0 Å². The highest BCUT2D eigenvalue weighted by molar-refractivity contribution is 6.28. The Labute approximate surface area is 260 Å². The van der Waals surface area contributed by atoms with Crippen LogP contribution in [0.3, 0.4) is 0 Å². The topological polar surface area (TPSA) is 29.5 Å². The predicted octanol–water partition coefficient (Wildman–Crippen LogP) is 12.3. The third-order valence-electron chi connectivity index (χ3n) is 8.64. The lowest BCUT2D eigenvalue weighted by atomic mass is 9.94. The van der Waals surface area contributed by atoms with E-state index in [-0.39, 0.29) is 0 Å². The minimum Gasteiger partial charge on any atom is -0.456 e. The van der Waals surface area contributed by atoms with Crippen molar-refractivity contribution in [2.75, 3.05) is 4.90 Å². The van der Waals surface area contributed by atoms with Gasteiger partial charge in [-0.05, 0) is 89.0 Å². The Kier molecular flexibility index (Phi) is 5.82. The maximum Gasteiger partial charge on any atom is 0.136 e. The summed E-state index contributed by atoms with van der Waals surface area (Å²) in [6.45, 7) is 0. The van der Waals surface area contributed by atoms with Crippen LogP contribution in [0.5, 0.6) is 0 Å². The van der Waals surface area contributed by atoms with Crippen molar-refractivity contribution in [2.45, 2.75) is 0 Å². The summed E-state index contributed by atoms with van der Waals surface area (Å²) in [6.07, 6.45) is 0. The molecule has 0 amide bonds. The smallest absolute Gasteiger partial charge is 0.136 e. The molecule has 45 heavy (non-hydrogen) atoms. The zero-order valence-electron chi connectivity index (χ0n) is 24.4. The lowest BCUT2D eigenvalue weighted by Crippen LogP contribution is -2.09. The molecule has 0 aliphatic heterocycles. The fraction of sp³-hybridized carbons (Fsp3) is 0. The summed E-state index contributed by atoms with van der Waals surface area (Å²) in [6, 6.07) is 57.2. The van der Waals surface area contributed by atoms with E-state index in [2.05, 4.69) is 144 Å². The van der Waals surface area contributed by atoms with Gasteiger partial charge >= 0.3 is 0 Å². The lowest BCUT2D eigenvalue weighted by Gasteiger charge is -2.26. The Bertz CT molecular complexity index is 2450. The van der Waals surface area contributed by atoms with Crippen LogP contribution in [0.1, 0.15) is 0 Å². The molecule has 3 nitrogen and oxygen atoms in total. The fourth-order valence-corrected chi connectivity index (χ4v) is 6.66. The van der Waals surface area contributed by atoms with Crippen molar-refractivity contribution in [1.82, 2.24) is 0 Å². The highest BCUT2D eigenvalue weighted by atomic mass is 16.3. The Morgan fingerprint density at radius 1 is 0.333 bits per heavy atom. The predicted molar refractivity (Wildman–Crippen MR) is 187 cm³/mol. The maximum atomic E-state index is 6.43. The Hall–Kier alpha value is -6.06. The molecular weight excluding hydrogens is 550 g/mol. The largest absolute Gasteiger partial charge is 0.456 e. The van der Waals surface area contributed by atoms with E-state index in [1.54, 1.807) is 0 Å². The Morgan fingerprint density at radius 2 is 0.867 bits per heavy atom. The molecule has 3 heteroatoms. The number of fused-ring (bicyclic) bond motifs is 7. The average Bonchev–Trinajstić information content (AvgIpc) is 3.68. The molecule has 9 rings (SSSR count). The second-order valence-electron chi connectivity index (χ2n) is 11.3. The second-order valence-corrected chi connectivity index (χ2v) is 11.3. The highest BCUT2D eigenvalue weighted by Gasteiger charge is 2.19. The maximum absolute atomic E-state index is 6.43. The van der Waals surface area contributed by atoms with Gasteiger partial charge in [0.1, 0.15) is 22.3 Å². The zero-order valence-corrected chi connectivity index (χ0v) is 24.4. The minimum atomic E-state index is 0.863. The average molecular weight is 578 g/mol. The van der Waals surface area contributed by atoms with Crippen molar-refractivity contribution in [3.63, 3.8) is 0 Å². The van der Waals surface area contributed by atoms with Gasteiger partial charge < -0.3 is 13.7 Å². The molecule has 0 aliphatic carbocycles. The number of furan rings is 2. The molecule has 0 atom stereocenters.